The second-order valence-corrected chi connectivity index (χ2v) is 5.40. The number of alkyl carbamates (subject to hydrolysis) is 1. The van der Waals surface area contributed by atoms with Gasteiger partial charge in [-0.2, -0.15) is 0 Å². The van der Waals surface area contributed by atoms with Gasteiger partial charge in [-0.1, -0.05) is 0 Å². The third-order valence-corrected chi connectivity index (χ3v) is 2.42. The molecule has 0 aromatic heterocycles. The average molecular weight is 257 g/mol. The lowest BCUT2D eigenvalue weighted by Crippen LogP contribution is -2.42. The number of amides is 2. The van der Waals surface area contributed by atoms with Gasteiger partial charge in [0.05, 0.1) is 6.17 Å². The Morgan fingerprint density at radius 1 is 1.39 bits per heavy atom. The summed E-state index contributed by atoms with van der Waals surface area (Å²) in [5.74, 6) is -0.0644. The van der Waals surface area contributed by atoms with E-state index in [-0.39, 0.29) is 25.0 Å². The zero-order valence-electron chi connectivity index (χ0n) is 11.3. The maximum atomic E-state index is 11.5. The Kier molecular flexibility index (Phi) is 5.40. The molecule has 0 unspecified atom stereocenters. The summed E-state index contributed by atoms with van der Waals surface area (Å²) in [7, 11) is 0. The lowest BCUT2D eigenvalue weighted by molar-refractivity contribution is -0.121. The predicted molar refractivity (Wildman–Crippen MR) is 68.0 cm³/mol. The van der Waals surface area contributed by atoms with Gasteiger partial charge in [-0.3, -0.25) is 10.1 Å². The monoisotopic (exact) mass is 257 g/mol. The van der Waals surface area contributed by atoms with Gasteiger partial charge in [0, 0.05) is 13.0 Å². The van der Waals surface area contributed by atoms with Crippen LogP contribution in [0, 0.1) is 0 Å². The fraction of sp³-hybridized carbons (Fsp3) is 0.833. The van der Waals surface area contributed by atoms with E-state index in [0.717, 1.165) is 19.4 Å². The van der Waals surface area contributed by atoms with Gasteiger partial charge in [0.1, 0.15) is 5.60 Å². The summed E-state index contributed by atoms with van der Waals surface area (Å²) in [4.78, 5) is 22.8. The van der Waals surface area contributed by atoms with Crippen LogP contribution in [0.2, 0.25) is 0 Å². The second-order valence-electron chi connectivity index (χ2n) is 5.40. The minimum absolute atomic E-state index is 0.0644. The number of ether oxygens (including phenoxy) is 1. The van der Waals surface area contributed by atoms with Crippen molar-refractivity contribution in [3.05, 3.63) is 0 Å². The quantitative estimate of drug-likeness (QED) is 0.693. The van der Waals surface area contributed by atoms with Crippen LogP contribution in [-0.2, 0) is 9.53 Å². The molecule has 2 amide bonds. The zero-order chi connectivity index (χ0) is 13.6. The van der Waals surface area contributed by atoms with Crippen LogP contribution in [0.1, 0.15) is 40.0 Å². The van der Waals surface area contributed by atoms with E-state index >= 15 is 0 Å². The highest BCUT2D eigenvalue weighted by Gasteiger charge is 2.17. The van der Waals surface area contributed by atoms with E-state index in [1.54, 1.807) is 20.8 Å². The van der Waals surface area contributed by atoms with Gasteiger partial charge in [0.2, 0.25) is 5.91 Å². The number of nitrogens with one attached hydrogen (secondary N) is 3. The highest BCUT2D eigenvalue weighted by atomic mass is 16.6. The Morgan fingerprint density at radius 2 is 2.11 bits per heavy atom. The van der Waals surface area contributed by atoms with Gasteiger partial charge in [0.25, 0.3) is 0 Å². The summed E-state index contributed by atoms with van der Waals surface area (Å²) in [6.07, 6.45) is 1.90. The summed E-state index contributed by atoms with van der Waals surface area (Å²) < 4.78 is 5.06. The fourth-order valence-corrected chi connectivity index (χ4v) is 1.67. The minimum atomic E-state index is -0.514. The van der Waals surface area contributed by atoms with Crippen molar-refractivity contribution < 1.29 is 14.3 Å². The van der Waals surface area contributed by atoms with Crippen molar-refractivity contribution in [2.45, 2.75) is 51.8 Å². The molecular weight excluding hydrogens is 234 g/mol. The van der Waals surface area contributed by atoms with Crippen molar-refractivity contribution in [3.63, 3.8) is 0 Å². The van der Waals surface area contributed by atoms with Gasteiger partial charge in [-0.25, -0.2) is 4.79 Å². The van der Waals surface area contributed by atoms with Crippen molar-refractivity contribution in [3.8, 4) is 0 Å². The van der Waals surface area contributed by atoms with Gasteiger partial charge < -0.3 is 15.4 Å². The molecule has 1 fully saturated rings. The Hall–Kier alpha value is -1.30. The van der Waals surface area contributed by atoms with Crippen LogP contribution in [-0.4, -0.2) is 36.9 Å². The third-order valence-electron chi connectivity index (χ3n) is 2.42. The molecule has 6 nitrogen and oxygen atoms in total. The number of hydrogen-bond donors (Lipinski definition) is 3. The second kappa shape index (κ2) is 6.58. The van der Waals surface area contributed by atoms with Gasteiger partial charge in [-0.15, -0.1) is 0 Å². The summed E-state index contributed by atoms with van der Waals surface area (Å²) >= 11 is 0. The highest BCUT2D eigenvalue weighted by Crippen LogP contribution is 2.06. The average Bonchev–Trinajstić information content (AvgIpc) is 2.67. The molecule has 0 saturated carbocycles. The molecule has 1 aliphatic rings. The molecule has 3 N–H and O–H groups in total. The van der Waals surface area contributed by atoms with E-state index in [4.69, 9.17) is 4.74 Å². The Balaban J connectivity index is 2.09. The first-order chi connectivity index (χ1) is 8.37. The molecule has 6 heteroatoms. The van der Waals surface area contributed by atoms with Gasteiger partial charge >= 0.3 is 6.09 Å². The molecule has 0 aliphatic carbocycles. The number of hydrogen-bond acceptors (Lipinski definition) is 4. The van der Waals surface area contributed by atoms with E-state index in [1.165, 1.54) is 0 Å². The maximum Gasteiger partial charge on any atom is 0.407 e. The summed E-state index contributed by atoms with van der Waals surface area (Å²) in [5.41, 5.74) is -0.514. The molecule has 1 heterocycles. The van der Waals surface area contributed by atoms with Crippen LogP contribution in [0.25, 0.3) is 0 Å². The van der Waals surface area contributed by atoms with Crippen molar-refractivity contribution in [2.24, 2.45) is 0 Å². The molecule has 0 bridgehead atoms. The van der Waals surface area contributed by atoms with Crippen LogP contribution in [0.4, 0.5) is 4.79 Å². The summed E-state index contributed by atoms with van der Waals surface area (Å²) in [6, 6.07) is 0. The van der Waals surface area contributed by atoms with E-state index in [0.29, 0.717) is 0 Å². The molecule has 1 aliphatic heterocycles. The molecular formula is C12H23N3O3. The first-order valence-corrected chi connectivity index (χ1v) is 6.36. The first-order valence-electron chi connectivity index (χ1n) is 6.36. The maximum absolute atomic E-state index is 11.5. The highest BCUT2D eigenvalue weighted by molar-refractivity contribution is 5.77. The fourth-order valence-electron chi connectivity index (χ4n) is 1.67. The molecule has 1 saturated heterocycles. The molecule has 1 rings (SSSR count). The van der Waals surface area contributed by atoms with Crippen molar-refractivity contribution in [2.75, 3.05) is 13.1 Å². The first kappa shape index (κ1) is 14.8. The predicted octanol–water partition coefficient (Wildman–Crippen LogP) is 0.727. The van der Waals surface area contributed by atoms with Crippen LogP contribution in [0.5, 0.6) is 0 Å². The van der Waals surface area contributed by atoms with Crippen LogP contribution in [0.15, 0.2) is 0 Å². The molecule has 0 aromatic rings. The van der Waals surface area contributed by atoms with E-state index in [1.807, 2.05) is 0 Å². The lowest BCUT2D eigenvalue weighted by Gasteiger charge is -2.19. The van der Waals surface area contributed by atoms with E-state index in [9.17, 15) is 9.59 Å². The lowest BCUT2D eigenvalue weighted by atomic mass is 10.2. The number of carbonyl (C=O) groups is 2. The van der Waals surface area contributed by atoms with Crippen LogP contribution in [0.3, 0.4) is 0 Å². The molecule has 0 radical (unpaired) electrons. The molecule has 0 aromatic carbocycles. The van der Waals surface area contributed by atoms with Gasteiger partial charge in [0.15, 0.2) is 0 Å². The molecule has 104 valence electrons. The van der Waals surface area contributed by atoms with Crippen LogP contribution < -0.4 is 16.0 Å². The Bertz CT molecular complexity index is 293. The van der Waals surface area contributed by atoms with Crippen molar-refractivity contribution in [1.82, 2.24) is 16.0 Å². The Morgan fingerprint density at radius 3 is 2.67 bits per heavy atom. The number of rotatable bonds is 4. The smallest absolute Gasteiger partial charge is 0.407 e. The largest absolute Gasteiger partial charge is 0.444 e. The summed E-state index contributed by atoms with van der Waals surface area (Å²) in [6.45, 7) is 6.62. The van der Waals surface area contributed by atoms with E-state index < -0.39 is 11.7 Å². The van der Waals surface area contributed by atoms with E-state index in [2.05, 4.69) is 16.0 Å². The normalized spacial score (nSPS) is 19.4. The summed E-state index contributed by atoms with van der Waals surface area (Å²) in [5, 5.41) is 8.59. The molecule has 1 atom stereocenters. The standard InChI is InChI=1S/C12H23N3O3/c1-12(2,3)18-11(17)14-8-6-10(16)15-9-5-4-7-13-9/h9,13H,4-8H2,1-3H3,(H,14,17)(H,15,16)/t9-/m0/s1. The zero-order valence-corrected chi connectivity index (χ0v) is 11.3. The van der Waals surface area contributed by atoms with Crippen LogP contribution >= 0.6 is 0 Å². The van der Waals surface area contributed by atoms with Gasteiger partial charge in [-0.05, 0) is 40.2 Å². The van der Waals surface area contributed by atoms with Crippen molar-refractivity contribution in [1.29, 1.82) is 0 Å². The topological polar surface area (TPSA) is 79.5 Å². The SMILES string of the molecule is CC(C)(C)OC(=O)NCCC(=O)N[C@H]1CCCN1. The minimum Gasteiger partial charge on any atom is -0.444 e. The third kappa shape index (κ3) is 6.44. The van der Waals surface area contributed by atoms with Crippen molar-refractivity contribution >= 4 is 12.0 Å². The number of carbonyl (C=O) groups excluding carboxylic acids is 2. The Labute approximate surface area is 108 Å². The molecule has 0 spiro atoms. The molecule has 18 heavy (non-hydrogen) atoms.